The van der Waals surface area contributed by atoms with Gasteiger partial charge in [-0.15, -0.1) is 0 Å². The van der Waals surface area contributed by atoms with Gasteiger partial charge in [0.2, 0.25) is 0 Å². The van der Waals surface area contributed by atoms with Crippen LogP contribution in [0.1, 0.15) is 34.1 Å². The molecule has 2 N–H and O–H groups in total. The smallest absolute Gasteiger partial charge is 0.270 e. The van der Waals surface area contributed by atoms with E-state index in [0.717, 1.165) is 12.5 Å². The van der Waals surface area contributed by atoms with Crippen LogP contribution < -0.4 is 10.6 Å². The Morgan fingerprint density at radius 1 is 1.15 bits per heavy atom. The lowest BCUT2D eigenvalue weighted by Crippen LogP contribution is -2.26. The van der Waals surface area contributed by atoms with Crippen LogP contribution in [0.5, 0.6) is 0 Å². The minimum absolute atomic E-state index is 0.0603. The molecular weight excluding hydrogens is 381 g/mol. The summed E-state index contributed by atoms with van der Waals surface area (Å²) in [7, 11) is 0. The third kappa shape index (κ3) is 4.71. The lowest BCUT2D eigenvalue weighted by atomic mass is 10.1. The van der Waals surface area contributed by atoms with Crippen LogP contribution in [0.15, 0.2) is 36.4 Å². The lowest BCUT2D eigenvalue weighted by Gasteiger charge is -2.14. The number of amides is 2. The molecule has 0 heterocycles. The molecule has 0 aliphatic heterocycles. The van der Waals surface area contributed by atoms with Crippen LogP contribution in [0, 0.1) is 10.1 Å². The predicted molar refractivity (Wildman–Crippen MR) is 100 cm³/mol. The van der Waals surface area contributed by atoms with Crippen LogP contribution in [0.4, 0.5) is 11.4 Å². The molecule has 0 radical (unpaired) electrons. The van der Waals surface area contributed by atoms with E-state index in [2.05, 4.69) is 10.6 Å². The number of carbonyl (C=O) groups is 2. The molecule has 136 valence electrons. The number of nitro benzene ring substituents is 1. The highest BCUT2D eigenvalue weighted by Gasteiger charge is 2.19. The number of nitrogens with zero attached hydrogens (tertiary/aromatic N) is 1. The van der Waals surface area contributed by atoms with Crippen molar-refractivity contribution in [2.24, 2.45) is 0 Å². The summed E-state index contributed by atoms with van der Waals surface area (Å²) in [6, 6.07) is 8.00. The van der Waals surface area contributed by atoms with E-state index in [1.807, 2.05) is 6.92 Å². The standard InChI is InChI=1S/C17H15Cl2N3O4/c1-2-6-20-17(24)13-8-11(18)9-14(19)15(13)21-16(23)10-4-3-5-12(7-10)22(25)26/h3-5,7-9H,2,6H2,1H3,(H,20,24)(H,21,23). The monoisotopic (exact) mass is 395 g/mol. The van der Waals surface area contributed by atoms with Crippen LogP contribution in [-0.4, -0.2) is 23.3 Å². The second kappa shape index (κ2) is 8.64. The van der Waals surface area contributed by atoms with Crippen molar-refractivity contribution < 1.29 is 14.5 Å². The number of non-ortho nitro benzene ring substituents is 1. The Balaban J connectivity index is 2.36. The highest BCUT2D eigenvalue weighted by molar-refractivity contribution is 6.38. The summed E-state index contributed by atoms with van der Waals surface area (Å²) >= 11 is 12.1. The molecule has 2 rings (SSSR count). The number of halogens is 2. The van der Waals surface area contributed by atoms with Gasteiger partial charge in [0.05, 0.1) is 21.2 Å². The topological polar surface area (TPSA) is 101 Å². The maximum absolute atomic E-state index is 12.5. The minimum atomic E-state index is -0.637. The number of hydrogen-bond acceptors (Lipinski definition) is 4. The van der Waals surface area contributed by atoms with E-state index in [9.17, 15) is 19.7 Å². The van der Waals surface area contributed by atoms with Crippen molar-refractivity contribution in [3.8, 4) is 0 Å². The molecule has 0 aliphatic rings. The van der Waals surface area contributed by atoms with Crippen molar-refractivity contribution in [2.45, 2.75) is 13.3 Å². The molecule has 0 spiro atoms. The third-order valence-electron chi connectivity index (χ3n) is 3.39. The molecule has 7 nitrogen and oxygen atoms in total. The van der Waals surface area contributed by atoms with Crippen LogP contribution in [0.2, 0.25) is 10.0 Å². The van der Waals surface area contributed by atoms with Crippen molar-refractivity contribution in [3.05, 3.63) is 67.7 Å². The quantitative estimate of drug-likeness (QED) is 0.562. The molecule has 2 amide bonds. The first-order valence-corrected chi connectivity index (χ1v) is 8.42. The van der Waals surface area contributed by atoms with Crippen molar-refractivity contribution >= 4 is 46.4 Å². The summed E-state index contributed by atoms with van der Waals surface area (Å²) in [6.07, 6.45) is 0.732. The highest BCUT2D eigenvalue weighted by Crippen LogP contribution is 2.31. The molecule has 2 aromatic rings. The third-order valence-corrected chi connectivity index (χ3v) is 3.91. The van der Waals surface area contributed by atoms with Crippen LogP contribution in [0.3, 0.4) is 0 Å². The molecule has 0 saturated heterocycles. The van der Waals surface area contributed by atoms with E-state index in [-0.39, 0.29) is 32.5 Å². The van der Waals surface area contributed by atoms with E-state index < -0.39 is 16.7 Å². The van der Waals surface area contributed by atoms with Gasteiger partial charge in [-0.3, -0.25) is 19.7 Å². The minimum Gasteiger partial charge on any atom is -0.352 e. The number of nitro groups is 1. The van der Waals surface area contributed by atoms with Gasteiger partial charge < -0.3 is 10.6 Å². The summed E-state index contributed by atoms with van der Waals surface area (Å²) in [5.74, 6) is -1.08. The van der Waals surface area contributed by atoms with Gasteiger partial charge in [0, 0.05) is 29.3 Å². The van der Waals surface area contributed by atoms with Crippen LogP contribution >= 0.6 is 23.2 Å². The lowest BCUT2D eigenvalue weighted by molar-refractivity contribution is -0.384. The fourth-order valence-corrected chi connectivity index (χ4v) is 2.70. The normalized spacial score (nSPS) is 10.3. The second-order valence-electron chi connectivity index (χ2n) is 5.33. The molecule has 0 saturated carbocycles. The van der Waals surface area contributed by atoms with E-state index in [0.29, 0.717) is 6.54 Å². The van der Waals surface area contributed by atoms with E-state index in [1.54, 1.807) is 0 Å². The average Bonchev–Trinajstić information content (AvgIpc) is 2.61. The van der Waals surface area contributed by atoms with Crippen molar-refractivity contribution in [1.29, 1.82) is 0 Å². The Labute approximate surface area is 159 Å². The van der Waals surface area contributed by atoms with Gasteiger partial charge in [0.25, 0.3) is 17.5 Å². The molecule has 0 bridgehead atoms. The maximum atomic E-state index is 12.5. The number of rotatable bonds is 6. The zero-order chi connectivity index (χ0) is 19.3. The number of nitrogens with one attached hydrogen (secondary N) is 2. The van der Waals surface area contributed by atoms with Crippen molar-refractivity contribution in [1.82, 2.24) is 5.32 Å². The second-order valence-corrected chi connectivity index (χ2v) is 6.17. The zero-order valence-corrected chi connectivity index (χ0v) is 15.2. The van der Waals surface area contributed by atoms with Crippen molar-refractivity contribution in [3.63, 3.8) is 0 Å². The summed E-state index contributed by atoms with van der Waals surface area (Å²) in [6.45, 7) is 2.34. The first kappa shape index (κ1) is 19.7. The van der Waals surface area contributed by atoms with Gasteiger partial charge in [-0.25, -0.2) is 0 Å². The van der Waals surface area contributed by atoms with Gasteiger partial charge in [-0.1, -0.05) is 36.2 Å². The number of hydrogen-bond donors (Lipinski definition) is 2. The fourth-order valence-electron chi connectivity index (χ4n) is 2.16. The molecule has 0 aliphatic carbocycles. The van der Waals surface area contributed by atoms with Crippen LogP contribution in [0.25, 0.3) is 0 Å². The van der Waals surface area contributed by atoms with Gasteiger partial charge in [-0.05, 0) is 24.6 Å². The first-order valence-electron chi connectivity index (χ1n) is 7.66. The van der Waals surface area contributed by atoms with E-state index in [4.69, 9.17) is 23.2 Å². The SMILES string of the molecule is CCCNC(=O)c1cc(Cl)cc(Cl)c1NC(=O)c1cccc([N+](=O)[O-])c1. The molecule has 9 heteroatoms. The fraction of sp³-hybridized carbons (Fsp3) is 0.176. The Hall–Kier alpha value is -2.64. The molecule has 2 aromatic carbocycles. The number of benzene rings is 2. The summed E-state index contributed by atoms with van der Waals surface area (Å²) in [5.41, 5.74) is 0.0294. The predicted octanol–water partition coefficient (Wildman–Crippen LogP) is 4.29. The number of anilines is 1. The molecule has 0 atom stereocenters. The molecule has 0 fully saturated rings. The van der Waals surface area contributed by atoms with Crippen molar-refractivity contribution in [2.75, 3.05) is 11.9 Å². The summed E-state index contributed by atoms with van der Waals surface area (Å²) < 4.78 is 0. The molecular formula is C17H15Cl2N3O4. The Kier molecular flexibility index (Phi) is 6.54. The largest absolute Gasteiger partial charge is 0.352 e. The van der Waals surface area contributed by atoms with Crippen LogP contribution in [-0.2, 0) is 0 Å². The highest BCUT2D eigenvalue weighted by atomic mass is 35.5. The van der Waals surface area contributed by atoms with Gasteiger partial charge >= 0.3 is 0 Å². The summed E-state index contributed by atoms with van der Waals surface area (Å²) in [4.78, 5) is 35.0. The van der Waals surface area contributed by atoms with E-state index >= 15 is 0 Å². The molecule has 26 heavy (non-hydrogen) atoms. The summed E-state index contributed by atoms with van der Waals surface area (Å²) in [5, 5.41) is 16.4. The van der Waals surface area contributed by atoms with Gasteiger partial charge in [0.15, 0.2) is 0 Å². The van der Waals surface area contributed by atoms with Gasteiger partial charge in [-0.2, -0.15) is 0 Å². The first-order chi connectivity index (χ1) is 12.3. The van der Waals surface area contributed by atoms with Gasteiger partial charge in [0.1, 0.15) is 0 Å². The Morgan fingerprint density at radius 3 is 2.54 bits per heavy atom. The van der Waals surface area contributed by atoms with E-state index in [1.165, 1.54) is 30.3 Å². The Morgan fingerprint density at radius 2 is 1.88 bits per heavy atom. The number of carbonyl (C=O) groups excluding carboxylic acids is 2. The average molecular weight is 396 g/mol. The molecule has 0 aromatic heterocycles. The molecule has 0 unspecified atom stereocenters. The Bertz CT molecular complexity index is 871. The maximum Gasteiger partial charge on any atom is 0.270 e. The zero-order valence-electron chi connectivity index (χ0n) is 13.7.